The van der Waals surface area contributed by atoms with Crippen molar-refractivity contribution in [2.75, 3.05) is 52.1 Å². The minimum Gasteiger partial charge on any atom is -0.316 e. The zero-order valence-electron chi connectivity index (χ0n) is 18.9. The monoisotopic (exact) mass is 458 g/mol. The van der Waals surface area contributed by atoms with E-state index in [-0.39, 0.29) is 5.75 Å². The predicted molar refractivity (Wildman–Crippen MR) is 122 cm³/mol. The Morgan fingerprint density at radius 2 is 1.90 bits per heavy atom. The second-order valence-corrected chi connectivity index (χ2v) is 11.8. The summed E-state index contributed by atoms with van der Waals surface area (Å²) in [7, 11) is -1.80. The van der Waals surface area contributed by atoms with Gasteiger partial charge < -0.3 is 10.6 Å². The SMILES string of the molecule is CN1CCC(C2CCC(NCCS(=O)(=O)O)C(C3CCN(CC4CCCNC4)N3)C2)N1. The third-order valence-electron chi connectivity index (χ3n) is 7.89. The number of nitrogens with one attached hydrogen (secondary N) is 4. The van der Waals surface area contributed by atoms with Crippen LogP contribution in [0.25, 0.3) is 0 Å². The van der Waals surface area contributed by atoms with Crippen molar-refractivity contribution < 1.29 is 13.0 Å². The van der Waals surface area contributed by atoms with Crippen molar-refractivity contribution in [3.05, 3.63) is 0 Å². The molecule has 10 heteroatoms. The first kappa shape index (κ1) is 23.8. The molecule has 4 fully saturated rings. The van der Waals surface area contributed by atoms with E-state index in [0.717, 1.165) is 64.3 Å². The lowest BCUT2D eigenvalue weighted by atomic mass is 9.71. The van der Waals surface area contributed by atoms with Crippen LogP contribution in [-0.4, -0.2) is 93.2 Å². The Balaban J connectivity index is 1.35. The number of hydrogen-bond acceptors (Lipinski definition) is 8. The van der Waals surface area contributed by atoms with E-state index in [1.54, 1.807) is 0 Å². The van der Waals surface area contributed by atoms with Crippen LogP contribution in [-0.2, 0) is 10.1 Å². The average Bonchev–Trinajstić information content (AvgIpc) is 3.37. The van der Waals surface area contributed by atoms with E-state index in [4.69, 9.17) is 4.55 Å². The van der Waals surface area contributed by atoms with Crippen molar-refractivity contribution in [1.29, 1.82) is 0 Å². The highest BCUT2D eigenvalue weighted by Crippen LogP contribution is 2.37. The van der Waals surface area contributed by atoms with E-state index in [0.29, 0.717) is 36.5 Å². The maximum atomic E-state index is 11.2. The molecule has 0 bridgehead atoms. The molecule has 1 aliphatic carbocycles. The molecule has 9 nitrogen and oxygen atoms in total. The van der Waals surface area contributed by atoms with Crippen LogP contribution in [0.15, 0.2) is 0 Å². The Kier molecular flexibility index (Phi) is 8.24. The minimum absolute atomic E-state index is 0.215. The van der Waals surface area contributed by atoms with Crippen molar-refractivity contribution in [2.45, 2.75) is 63.1 Å². The molecule has 0 spiro atoms. The molecular formula is C21H42N6O3S. The number of nitrogens with zero attached hydrogens (tertiary/aromatic N) is 2. The molecule has 0 aromatic rings. The van der Waals surface area contributed by atoms with Gasteiger partial charge in [0.1, 0.15) is 0 Å². The van der Waals surface area contributed by atoms with Crippen molar-refractivity contribution in [3.63, 3.8) is 0 Å². The smallest absolute Gasteiger partial charge is 0.266 e. The number of piperidine rings is 1. The summed E-state index contributed by atoms with van der Waals surface area (Å²) in [5, 5.41) is 11.6. The van der Waals surface area contributed by atoms with E-state index < -0.39 is 10.1 Å². The number of hydrogen-bond donors (Lipinski definition) is 5. The molecule has 0 radical (unpaired) electrons. The summed E-state index contributed by atoms with van der Waals surface area (Å²) in [6.07, 6.45) is 8.31. The van der Waals surface area contributed by atoms with Gasteiger partial charge in [-0.3, -0.25) is 15.4 Å². The second-order valence-electron chi connectivity index (χ2n) is 10.2. The van der Waals surface area contributed by atoms with E-state index in [2.05, 4.69) is 38.6 Å². The van der Waals surface area contributed by atoms with E-state index >= 15 is 0 Å². The van der Waals surface area contributed by atoms with Gasteiger partial charge in [-0.2, -0.15) is 8.42 Å². The first-order valence-electron chi connectivity index (χ1n) is 12.2. The highest BCUT2D eigenvalue weighted by molar-refractivity contribution is 7.85. The summed E-state index contributed by atoms with van der Waals surface area (Å²) in [6.45, 7) is 5.89. The van der Waals surface area contributed by atoms with Gasteiger partial charge in [-0.25, -0.2) is 10.0 Å². The van der Waals surface area contributed by atoms with Crippen LogP contribution in [0.2, 0.25) is 0 Å². The van der Waals surface area contributed by atoms with E-state index in [9.17, 15) is 8.42 Å². The average molecular weight is 459 g/mol. The summed E-state index contributed by atoms with van der Waals surface area (Å²) in [5.41, 5.74) is 7.47. The second kappa shape index (κ2) is 10.7. The quantitative estimate of drug-likeness (QED) is 0.322. The van der Waals surface area contributed by atoms with Crippen LogP contribution < -0.4 is 21.5 Å². The van der Waals surface area contributed by atoms with Crippen LogP contribution in [0.4, 0.5) is 0 Å². The van der Waals surface area contributed by atoms with Crippen LogP contribution in [0.3, 0.4) is 0 Å². The zero-order valence-corrected chi connectivity index (χ0v) is 19.7. The Morgan fingerprint density at radius 1 is 1.06 bits per heavy atom. The fraction of sp³-hybridized carbons (Fsp3) is 1.00. The van der Waals surface area contributed by atoms with Crippen molar-refractivity contribution in [3.8, 4) is 0 Å². The van der Waals surface area contributed by atoms with Gasteiger partial charge in [-0.15, -0.1) is 0 Å². The summed E-state index contributed by atoms with van der Waals surface area (Å²) >= 11 is 0. The molecule has 3 saturated heterocycles. The topological polar surface area (TPSA) is 109 Å². The Bertz CT molecular complexity index is 674. The van der Waals surface area contributed by atoms with Gasteiger partial charge in [0.2, 0.25) is 0 Å². The molecule has 0 aromatic heterocycles. The van der Waals surface area contributed by atoms with Gasteiger partial charge in [-0.1, -0.05) is 0 Å². The molecule has 6 atom stereocenters. The Hall–Kier alpha value is -0.330. The fourth-order valence-electron chi connectivity index (χ4n) is 6.27. The third-order valence-corrected chi connectivity index (χ3v) is 8.61. The first-order chi connectivity index (χ1) is 14.9. The lowest BCUT2D eigenvalue weighted by Crippen LogP contribution is -2.53. The van der Waals surface area contributed by atoms with Crippen LogP contribution in [0, 0.1) is 17.8 Å². The molecule has 4 aliphatic rings. The molecule has 6 unspecified atom stereocenters. The normalized spacial score (nSPS) is 38.6. The van der Waals surface area contributed by atoms with Gasteiger partial charge in [0.25, 0.3) is 10.1 Å². The molecule has 1 saturated carbocycles. The maximum absolute atomic E-state index is 11.2. The van der Waals surface area contributed by atoms with Crippen LogP contribution in [0.5, 0.6) is 0 Å². The summed E-state index contributed by atoms with van der Waals surface area (Å²) in [5.74, 6) is 1.64. The fourth-order valence-corrected chi connectivity index (χ4v) is 6.64. The molecule has 31 heavy (non-hydrogen) atoms. The summed E-state index contributed by atoms with van der Waals surface area (Å²) in [6, 6.07) is 1.28. The van der Waals surface area contributed by atoms with Crippen LogP contribution in [0.1, 0.15) is 44.9 Å². The predicted octanol–water partition coefficient (Wildman–Crippen LogP) is 0.0359. The Morgan fingerprint density at radius 3 is 2.61 bits per heavy atom. The first-order valence-corrected chi connectivity index (χ1v) is 13.9. The third kappa shape index (κ3) is 6.83. The van der Waals surface area contributed by atoms with E-state index in [1.807, 2.05) is 0 Å². The molecular weight excluding hydrogens is 416 g/mol. The molecule has 180 valence electrons. The number of rotatable bonds is 8. The highest BCUT2D eigenvalue weighted by atomic mass is 32.2. The molecule has 5 N–H and O–H groups in total. The summed E-state index contributed by atoms with van der Waals surface area (Å²) in [4.78, 5) is 0. The lowest BCUT2D eigenvalue weighted by molar-refractivity contribution is 0.110. The molecule has 0 aromatic carbocycles. The number of hydrazine groups is 2. The minimum atomic E-state index is -3.92. The highest BCUT2D eigenvalue weighted by Gasteiger charge is 2.41. The Labute approximate surface area is 187 Å². The largest absolute Gasteiger partial charge is 0.316 e. The van der Waals surface area contributed by atoms with Gasteiger partial charge in [0, 0.05) is 51.4 Å². The van der Waals surface area contributed by atoms with Crippen LogP contribution >= 0.6 is 0 Å². The molecule has 3 aliphatic heterocycles. The standard InChI is InChI=1S/C21H42N6O3S/c1-26-10-6-19(24-26)17-4-5-20(23-9-12-31(28,29)30)18(13-17)21-7-11-27(25-21)15-16-3-2-8-22-14-16/h16-25H,2-15H2,1H3,(H,28,29,30). The van der Waals surface area contributed by atoms with Crippen molar-refractivity contribution in [2.24, 2.45) is 17.8 Å². The van der Waals surface area contributed by atoms with Crippen molar-refractivity contribution in [1.82, 2.24) is 31.5 Å². The maximum Gasteiger partial charge on any atom is 0.266 e. The van der Waals surface area contributed by atoms with Crippen molar-refractivity contribution >= 4 is 10.1 Å². The molecule has 4 rings (SSSR count). The molecule has 3 heterocycles. The van der Waals surface area contributed by atoms with E-state index in [1.165, 1.54) is 19.3 Å². The molecule has 0 amide bonds. The lowest BCUT2D eigenvalue weighted by Gasteiger charge is -2.42. The van der Waals surface area contributed by atoms with Gasteiger partial charge in [0.05, 0.1) is 5.75 Å². The van der Waals surface area contributed by atoms with Gasteiger partial charge >= 0.3 is 0 Å². The van der Waals surface area contributed by atoms with Gasteiger partial charge in [0.15, 0.2) is 0 Å². The summed E-state index contributed by atoms with van der Waals surface area (Å²) < 4.78 is 31.5. The zero-order chi connectivity index (χ0) is 21.8. The van der Waals surface area contributed by atoms with Gasteiger partial charge in [-0.05, 0) is 75.8 Å².